The molecule has 0 spiro atoms. The lowest BCUT2D eigenvalue weighted by Gasteiger charge is -2.16. The van der Waals surface area contributed by atoms with Crippen LogP contribution < -0.4 is 5.32 Å². The Morgan fingerprint density at radius 1 is 1.33 bits per heavy atom. The lowest BCUT2D eigenvalue weighted by molar-refractivity contribution is 0.123. The fraction of sp³-hybridized carbons (Fsp3) is 1.00. The van der Waals surface area contributed by atoms with Gasteiger partial charge in [-0.05, 0) is 50.7 Å². The van der Waals surface area contributed by atoms with E-state index in [0.717, 1.165) is 38.0 Å². The Bertz CT molecular complexity index is 197. The highest BCUT2D eigenvalue weighted by molar-refractivity contribution is 4.77. The molecule has 108 valence electrons. The van der Waals surface area contributed by atoms with Crippen molar-refractivity contribution in [1.82, 2.24) is 10.2 Å². The van der Waals surface area contributed by atoms with Gasteiger partial charge in [-0.2, -0.15) is 0 Å². The van der Waals surface area contributed by atoms with Gasteiger partial charge >= 0.3 is 0 Å². The van der Waals surface area contributed by atoms with E-state index in [1.807, 2.05) is 0 Å². The summed E-state index contributed by atoms with van der Waals surface area (Å²) >= 11 is 0. The molecule has 0 radical (unpaired) electrons. The minimum atomic E-state index is 0.762. The molecule has 1 N–H and O–H groups in total. The van der Waals surface area contributed by atoms with Gasteiger partial charge in [0.25, 0.3) is 0 Å². The molecule has 0 aliphatic carbocycles. The quantitative estimate of drug-likeness (QED) is 0.607. The average Bonchev–Trinajstić information content (AvgIpc) is 2.76. The fourth-order valence-electron chi connectivity index (χ4n) is 2.50. The SMILES string of the molecule is CCCOCCCN1CCC(CNCC(C)C)C1. The van der Waals surface area contributed by atoms with E-state index in [9.17, 15) is 0 Å². The van der Waals surface area contributed by atoms with Crippen molar-refractivity contribution in [2.45, 2.75) is 40.0 Å². The number of nitrogens with zero attached hydrogens (tertiary/aromatic N) is 1. The molecule has 1 aliphatic rings. The monoisotopic (exact) mass is 256 g/mol. The third-order valence-corrected chi connectivity index (χ3v) is 3.47. The molecule has 0 aromatic heterocycles. The molecule has 1 unspecified atom stereocenters. The highest BCUT2D eigenvalue weighted by Gasteiger charge is 2.21. The molecule has 0 amide bonds. The Balaban J connectivity index is 1.96. The largest absolute Gasteiger partial charge is 0.381 e. The van der Waals surface area contributed by atoms with Crippen LogP contribution in [0.2, 0.25) is 0 Å². The van der Waals surface area contributed by atoms with E-state index < -0.39 is 0 Å². The van der Waals surface area contributed by atoms with Gasteiger partial charge in [0.15, 0.2) is 0 Å². The topological polar surface area (TPSA) is 24.5 Å². The number of nitrogens with one attached hydrogen (secondary N) is 1. The van der Waals surface area contributed by atoms with E-state index in [1.54, 1.807) is 0 Å². The molecule has 3 heteroatoms. The summed E-state index contributed by atoms with van der Waals surface area (Å²) in [5, 5.41) is 3.58. The minimum Gasteiger partial charge on any atom is -0.381 e. The van der Waals surface area contributed by atoms with Crippen LogP contribution in [0, 0.1) is 11.8 Å². The van der Waals surface area contributed by atoms with Crippen molar-refractivity contribution in [3.8, 4) is 0 Å². The smallest absolute Gasteiger partial charge is 0.0478 e. The molecule has 1 rings (SSSR count). The van der Waals surface area contributed by atoms with Crippen molar-refractivity contribution in [2.24, 2.45) is 11.8 Å². The Hall–Kier alpha value is -0.120. The Morgan fingerprint density at radius 2 is 2.17 bits per heavy atom. The van der Waals surface area contributed by atoms with Gasteiger partial charge < -0.3 is 15.0 Å². The van der Waals surface area contributed by atoms with Crippen LogP contribution in [0.3, 0.4) is 0 Å². The van der Waals surface area contributed by atoms with E-state index in [2.05, 4.69) is 31.0 Å². The third-order valence-electron chi connectivity index (χ3n) is 3.47. The summed E-state index contributed by atoms with van der Waals surface area (Å²) in [5.74, 6) is 1.62. The molecular formula is C15H32N2O. The summed E-state index contributed by atoms with van der Waals surface area (Å²) in [7, 11) is 0. The summed E-state index contributed by atoms with van der Waals surface area (Å²) in [4.78, 5) is 2.59. The molecule has 0 aromatic carbocycles. The summed E-state index contributed by atoms with van der Waals surface area (Å²) in [6, 6.07) is 0. The number of hydrogen-bond donors (Lipinski definition) is 1. The first-order valence-corrected chi connectivity index (χ1v) is 7.73. The minimum absolute atomic E-state index is 0.762. The predicted octanol–water partition coefficient (Wildman–Crippen LogP) is 2.37. The number of hydrogen-bond acceptors (Lipinski definition) is 3. The normalized spacial score (nSPS) is 21.0. The van der Waals surface area contributed by atoms with Gasteiger partial charge in [0, 0.05) is 26.3 Å². The van der Waals surface area contributed by atoms with Gasteiger partial charge in [0.05, 0.1) is 0 Å². The van der Waals surface area contributed by atoms with Crippen LogP contribution in [-0.4, -0.2) is 50.8 Å². The van der Waals surface area contributed by atoms with Gasteiger partial charge in [-0.3, -0.25) is 0 Å². The second kappa shape index (κ2) is 9.76. The van der Waals surface area contributed by atoms with Crippen LogP contribution in [0.5, 0.6) is 0 Å². The second-order valence-electron chi connectivity index (χ2n) is 5.97. The molecule has 1 heterocycles. The highest BCUT2D eigenvalue weighted by atomic mass is 16.5. The third kappa shape index (κ3) is 7.34. The predicted molar refractivity (Wildman–Crippen MR) is 78.0 cm³/mol. The van der Waals surface area contributed by atoms with Gasteiger partial charge in [-0.25, -0.2) is 0 Å². The van der Waals surface area contributed by atoms with Crippen molar-refractivity contribution in [1.29, 1.82) is 0 Å². The molecule has 1 atom stereocenters. The lowest BCUT2D eigenvalue weighted by atomic mass is 10.1. The Morgan fingerprint density at radius 3 is 2.89 bits per heavy atom. The van der Waals surface area contributed by atoms with Gasteiger partial charge in [0.1, 0.15) is 0 Å². The van der Waals surface area contributed by atoms with E-state index in [4.69, 9.17) is 4.74 Å². The Kier molecular flexibility index (Phi) is 8.64. The van der Waals surface area contributed by atoms with E-state index in [0.29, 0.717) is 0 Å². The summed E-state index contributed by atoms with van der Waals surface area (Å²) in [6.07, 6.45) is 3.68. The van der Waals surface area contributed by atoms with Crippen molar-refractivity contribution in [3.05, 3.63) is 0 Å². The molecule has 0 aromatic rings. The molecule has 3 nitrogen and oxygen atoms in total. The first kappa shape index (κ1) is 15.9. The zero-order valence-electron chi connectivity index (χ0n) is 12.6. The maximum atomic E-state index is 5.52. The molecular weight excluding hydrogens is 224 g/mol. The number of rotatable bonds is 10. The summed E-state index contributed by atoms with van der Waals surface area (Å²) in [6.45, 7) is 14.7. The van der Waals surface area contributed by atoms with Crippen LogP contribution in [0.25, 0.3) is 0 Å². The zero-order chi connectivity index (χ0) is 13.2. The molecule has 0 saturated carbocycles. The van der Waals surface area contributed by atoms with Gasteiger partial charge in [-0.15, -0.1) is 0 Å². The summed E-state index contributed by atoms with van der Waals surface area (Å²) < 4.78 is 5.52. The maximum absolute atomic E-state index is 5.52. The first-order chi connectivity index (χ1) is 8.72. The zero-order valence-corrected chi connectivity index (χ0v) is 12.6. The van der Waals surface area contributed by atoms with Crippen molar-refractivity contribution >= 4 is 0 Å². The number of ether oxygens (including phenoxy) is 1. The molecule has 0 bridgehead atoms. The van der Waals surface area contributed by atoms with E-state index in [-0.39, 0.29) is 0 Å². The highest BCUT2D eigenvalue weighted by Crippen LogP contribution is 2.15. The van der Waals surface area contributed by atoms with Crippen LogP contribution in [0.4, 0.5) is 0 Å². The molecule has 1 saturated heterocycles. The number of likely N-dealkylation sites (tertiary alicyclic amines) is 1. The average molecular weight is 256 g/mol. The standard InChI is InChI=1S/C15H32N2O/c1-4-9-18-10-5-7-17-8-6-15(13-17)12-16-11-14(2)3/h14-16H,4-13H2,1-3H3. The Labute approximate surface area is 113 Å². The van der Waals surface area contributed by atoms with E-state index in [1.165, 1.54) is 39.0 Å². The van der Waals surface area contributed by atoms with Crippen LogP contribution in [0.15, 0.2) is 0 Å². The van der Waals surface area contributed by atoms with E-state index >= 15 is 0 Å². The van der Waals surface area contributed by atoms with Crippen LogP contribution >= 0.6 is 0 Å². The molecule has 18 heavy (non-hydrogen) atoms. The van der Waals surface area contributed by atoms with Crippen LogP contribution in [0.1, 0.15) is 40.0 Å². The maximum Gasteiger partial charge on any atom is 0.0478 e. The summed E-state index contributed by atoms with van der Waals surface area (Å²) in [5.41, 5.74) is 0. The van der Waals surface area contributed by atoms with Gasteiger partial charge in [0.2, 0.25) is 0 Å². The first-order valence-electron chi connectivity index (χ1n) is 7.73. The van der Waals surface area contributed by atoms with Crippen LogP contribution in [-0.2, 0) is 4.74 Å². The molecule has 1 fully saturated rings. The molecule has 1 aliphatic heterocycles. The van der Waals surface area contributed by atoms with Crippen molar-refractivity contribution in [2.75, 3.05) is 45.9 Å². The van der Waals surface area contributed by atoms with Crippen molar-refractivity contribution in [3.63, 3.8) is 0 Å². The lowest BCUT2D eigenvalue weighted by Crippen LogP contribution is -2.29. The van der Waals surface area contributed by atoms with Gasteiger partial charge in [-0.1, -0.05) is 20.8 Å². The second-order valence-corrected chi connectivity index (χ2v) is 5.97. The van der Waals surface area contributed by atoms with Crippen molar-refractivity contribution < 1.29 is 4.74 Å². The fourth-order valence-corrected chi connectivity index (χ4v) is 2.50.